The van der Waals surface area contributed by atoms with Crippen LogP contribution < -0.4 is 10.1 Å². The summed E-state index contributed by atoms with van der Waals surface area (Å²) in [5.74, 6) is -0.714. The number of hydrogen-bond donors (Lipinski definition) is 2. The number of thioether (sulfide) groups is 2. The summed E-state index contributed by atoms with van der Waals surface area (Å²) in [7, 11) is 1.52. The molecular weight excluding hydrogens is 366 g/mol. The van der Waals surface area contributed by atoms with Gasteiger partial charge in [0, 0.05) is 13.5 Å². The van der Waals surface area contributed by atoms with Crippen LogP contribution in [0.3, 0.4) is 0 Å². The van der Waals surface area contributed by atoms with Gasteiger partial charge in [0.15, 0.2) is 9.74 Å². The van der Waals surface area contributed by atoms with Crippen LogP contribution in [-0.2, 0) is 16.0 Å². The normalized spacial score (nSPS) is 28.2. The summed E-state index contributed by atoms with van der Waals surface area (Å²) in [6.07, 6.45) is 3.69. The van der Waals surface area contributed by atoms with Crippen LogP contribution in [0.5, 0.6) is 0 Å². The first-order chi connectivity index (χ1) is 11.8. The van der Waals surface area contributed by atoms with Crippen molar-refractivity contribution in [2.24, 2.45) is 0 Å². The summed E-state index contributed by atoms with van der Waals surface area (Å²) in [5.41, 5.74) is 1.10. The molecule has 10 heteroatoms. The van der Waals surface area contributed by atoms with Gasteiger partial charge in [-0.2, -0.15) is 0 Å². The molecule has 0 aliphatic carbocycles. The Balaban J connectivity index is 2.23. The second-order valence-electron chi connectivity index (χ2n) is 5.90. The highest BCUT2D eigenvalue weighted by atomic mass is 32.2. The van der Waals surface area contributed by atoms with Crippen molar-refractivity contribution in [1.29, 1.82) is 0 Å². The first-order valence-corrected chi connectivity index (χ1v) is 9.87. The second kappa shape index (κ2) is 6.06. The zero-order valence-electron chi connectivity index (χ0n) is 13.9. The highest BCUT2D eigenvalue weighted by Gasteiger charge is 2.64. The number of aliphatic hydroxyl groups is 1. The Labute approximate surface area is 153 Å². The number of likely N-dealkylation sites (N-methyl/N-ethyl adjacent to an activating group) is 1. The van der Waals surface area contributed by atoms with Crippen LogP contribution in [0.4, 0.5) is 11.4 Å². The number of anilines is 2. The lowest BCUT2D eigenvalue weighted by Gasteiger charge is -2.52. The first-order valence-electron chi connectivity index (χ1n) is 7.42. The number of nitrogens with zero attached hydrogens (tertiary/aromatic N) is 3. The number of carbonyl (C=O) groups excluding carboxylic acids is 2. The van der Waals surface area contributed by atoms with E-state index in [1.165, 1.54) is 40.7 Å². The molecule has 2 unspecified atom stereocenters. The fourth-order valence-electron chi connectivity index (χ4n) is 3.46. The van der Waals surface area contributed by atoms with E-state index in [2.05, 4.69) is 0 Å². The molecule has 0 spiro atoms. The molecule has 25 heavy (non-hydrogen) atoms. The Bertz CT molecular complexity index is 740. The number of hydrogen-bond acceptors (Lipinski definition) is 8. The van der Waals surface area contributed by atoms with Crippen molar-refractivity contribution in [3.63, 3.8) is 0 Å². The van der Waals surface area contributed by atoms with Gasteiger partial charge in [-0.1, -0.05) is 6.07 Å². The molecule has 1 aromatic carbocycles. The van der Waals surface area contributed by atoms with Gasteiger partial charge in [-0.05, 0) is 30.2 Å². The second-order valence-corrected chi connectivity index (χ2v) is 8.07. The van der Waals surface area contributed by atoms with E-state index in [4.69, 9.17) is 0 Å². The van der Waals surface area contributed by atoms with Gasteiger partial charge in [-0.25, -0.2) is 0 Å². The van der Waals surface area contributed by atoms with E-state index in [0.29, 0.717) is 12.1 Å². The van der Waals surface area contributed by atoms with Gasteiger partial charge in [-0.15, -0.1) is 23.5 Å². The highest BCUT2D eigenvalue weighted by molar-refractivity contribution is 8.01. The van der Waals surface area contributed by atoms with Crippen molar-refractivity contribution in [2.75, 3.05) is 36.3 Å². The van der Waals surface area contributed by atoms with E-state index in [0.717, 1.165) is 17.3 Å². The fraction of sp³-hybridized carbons (Fsp3) is 0.467. The van der Waals surface area contributed by atoms with Gasteiger partial charge in [0.05, 0.1) is 18.0 Å². The predicted molar refractivity (Wildman–Crippen MR) is 97.6 cm³/mol. The number of aliphatic hydroxyl groups excluding tert-OH is 1. The summed E-state index contributed by atoms with van der Waals surface area (Å²) in [6.45, 7) is -0.529. The maximum atomic E-state index is 13.3. The van der Waals surface area contributed by atoms with Crippen LogP contribution >= 0.6 is 23.5 Å². The third-order valence-corrected chi connectivity index (χ3v) is 7.36. The third-order valence-electron chi connectivity index (χ3n) is 4.93. The molecule has 2 amide bonds. The van der Waals surface area contributed by atoms with Crippen LogP contribution in [0, 0.1) is 5.21 Å². The number of piperazine rings is 1. The summed E-state index contributed by atoms with van der Waals surface area (Å²) in [5, 5.41) is 30.0. The Morgan fingerprint density at radius 1 is 1.28 bits per heavy atom. The smallest absolute Gasteiger partial charge is 0.267 e. The van der Waals surface area contributed by atoms with Crippen LogP contribution in [0.15, 0.2) is 18.2 Å². The molecule has 0 saturated carbocycles. The zero-order valence-corrected chi connectivity index (χ0v) is 15.6. The largest absolute Gasteiger partial charge is 0.733 e. The maximum Gasteiger partial charge on any atom is 0.267 e. The van der Waals surface area contributed by atoms with E-state index in [9.17, 15) is 25.1 Å². The number of rotatable bonds is 4. The Morgan fingerprint density at radius 2 is 1.96 bits per heavy atom. The van der Waals surface area contributed by atoms with Crippen molar-refractivity contribution in [3.05, 3.63) is 29.0 Å². The molecule has 2 atom stereocenters. The average molecular weight is 384 g/mol. The topological polar surface area (TPSA) is 107 Å². The molecule has 0 radical (unpaired) electrons. The average Bonchev–Trinajstić information content (AvgIpc) is 2.96. The molecule has 0 bridgehead atoms. The molecule has 2 aliphatic heterocycles. The monoisotopic (exact) mass is 384 g/mol. The van der Waals surface area contributed by atoms with Crippen molar-refractivity contribution < 1.29 is 19.9 Å². The zero-order chi connectivity index (χ0) is 18.6. The molecular formula is C15H18N3O5S2-. The van der Waals surface area contributed by atoms with Crippen LogP contribution in [0.2, 0.25) is 0 Å². The van der Waals surface area contributed by atoms with Crippen molar-refractivity contribution in [3.8, 4) is 0 Å². The predicted octanol–water partition coefficient (Wildman–Crippen LogP) is 0.852. The quantitative estimate of drug-likeness (QED) is 0.736. The molecule has 0 aromatic heterocycles. The summed E-state index contributed by atoms with van der Waals surface area (Å²) in [4.78, 5) is 26.6. The molecule has 1 saturated heterocycles. The van der Waals surface area contributed by atoms with Gasteiger partial charge in [-0.3, -0.25) is 19.7 Å². The lowest BCUT2D eigenvalue weighted by atomic mass is 10.0. The molecule has 1 aromatic rings. The lowest BCUT2D eigenvalue weighted by Crippen LogP contribution is -2.74. The standard InChI is InChI=1S/C15H18N3O5S2/c1-16-12(20)14(24-2)7-9-4-5-10(18(22)23)6-11(9)17(14)13(21)15(16,8-19)25-3/h4-6,19,22H,7-8H2,1-3H3/q-1. The minimum atomic E-state index is -1.43. The summed E-state index contributed by atoms with van der Waals surface area (Å²) < 4.78 is 0. The van der Waals surface area contributed by atoms with Gasteiger partial charge in [0.2, 0.25) is 0 Å². The number of benzene rings is 1. The van der Waals surface area contributed by atoms with Crippen LogP contribution in [-0.4, -0.2) is 62.9 Å². The van der Waals surface area contributed by atoms with Crippen molar-refractivity contribution >= 4 is 46.7 Å². The number of carbonyl (C=O) groups is 2. The van der Waals surface area contributed by atoms with Gasteiger partial charge >= 0.3 is 0 Å². The van der Waals surface area contributed by atoms with E-state index >= 15 is 0 Å². The van der Waals surface area contributed by atoms with E-state index in [1.54, 1.807) is 18.6 Å². The molecule has 2 aliphatic rings. The fourth-order valence-corrected chi connectivity index (χ4v) is 5.19. The Hall–Kier alpha value is -1.46. The molecule has 8 nitrogen and oxygen atoms in total. The van der Waals surface area contributed by atoms with Crippen LogP contribution in [0.25, 0.3) is 0 Å². The molecule has 2 heterocycles. The first kappa shape index (κ1) is 18.3. The molecule has 1 fully saturated rings. The van der Waals surface area contributed by atoms with E-state index in [1.807, 2.05) is 0 Å². The Kier molecular flexibility index (Phi) is 4.44. The molecule has 136 valence electrons. The van der Waals surface area contributed by atoms with Gasteiger partial charge < -0.3 is 20.4 Å². The van der Waals surface area contributed by atoms with Crippen molar-refractivity contribution in [1.82, 2.24) is 4.90 Å². The summed E-state index contributed by atoms with van der Waals surface area (Å²) in [6, 6.07) is 4.45. The van der Waals surface area contributed by atoms with Gasteiger partial charge in [0.25, 0.3) is 11.8 Å². The minimum absolute atomic E-state index is 0.0337. The van der Waals surface area contributed by atoms with E-state index in [-0.39, 0.29) is 16.8 Å². The lowest BCUT2D eigenvalue weighted by molar-refractivity contribution is -0.149. The SMILES string of the molecule is CSC1(CO)C(=O)N2c3cc(N([O-])O)ccc3CC2(SC)C(=O)N1C. The molecule has 3 rings (SSSR count). The van der Waals surface area contributed by atoms with E-state index < -0.39 is 22.3 Å². The van der Waals surface area contributed by atoms with Crippen molar-refractivity contribution in [2.45, 2.75) is 16.2 Å². The maximum absolute atomic E-state index is 13.3. The number of fused-ring (bicyclic) bond motifs is 3. The Morgan fingerprint density at radius 3 is 2.48 bits per heavy atom. The summed E-state index contributed by atoms with van der Waals surface area (Å²) >= 11 is 2.33. The third kappa shape index (κ3) is 2.21. The molecule has 2 N–H and O–H groups in total. The number of amides is 2. The van der Waals surface area contributed by atoms with Crippen LogP contribution in [0.1, 0.15) is 5.56 Å². The minimum Gasteiger partial charge on any atom is -0.733 e. The van der Waals surface area contributed by atoms with Gasteiger partial charge in [0.1, 0.15) is 0 Å². The highest BCUT2D eigenvalue weighted by Crippen LogP contribution is 2.52.